The summed E-state index contributed by atoms with van der Waals surface area (Å²) in [4.78, 5) is 0. The number of nitrogens with two attached hydrogens (primary N) is 1. The number of methoxy groups -OCH3 is 1. The Morgan fingerprint density at radius 1 is 1.28 bits per heavy atom. The second-order valence-electron chi connectivity index (χ2n) is 5.37. The van der Waals surface area contributed by atoms with Crippen molar-refractivity contribution in [2.75, 3.05) is 26.9 Å². The molecule has 0 aromatic heterocycles. The largest absolute Gasteiger partial charge is 0.382 e. The number of hydrogen-bond donors (Lipinski definition) is 2. The summed E-state index contributed by atoms with van der Waals surface area (Å²) in [5.74, 6) is 7.32. The number of ether oxygens (including phenoxy) is 2. The maximum Gasteiger partial charge on any atom is 0.0700 e. The van der Waals surface area contributed by atoms with Crippen molar-refractivity contribution in [3.63, 3.8) is 0 Å². The summed E-state index contributed by atoms with van der Waals surface area (Å²) in [7, 11) is 1.69. The van der Waals surface area contributed by atoms with Crippen molar-refractivity contribution in [2.45, 2.75) is 51.5 Å². The third-order valence-corrected chi connectivity index (χ3v) is 4.19. The lowest BCUT2D eigenvalue weighted by Gasteiger charge is -2.34. The zero-order valence-corrected chi connectivity index (χ0v) is 12.0. The van der Waals surface area contributed by atoms with Crippen LogP contribution in [0.1, 0.15) is 45.4 Å². The van der Waals surface area contributed by atoms with Gasteiger partial charge in [0.1, 0.15) is 0 Å². The smallest absolute Gasteiger partial charge is 0.0700 e. The molecule has 4 heteroatoms. The normalized spacial score (nSPS) is 26.2. The van der Waals surface area contributed by atoms with Crippen molar-refractivity contribution in [1.82, 2.24) is 5.43 Å². The molecular formula is C14H30N2O2. The molecule has 4 nitrogen and oxygen atoms in total. The van der Waals surface area contributed by atoms with Crippen molar-refractivity contribution in [3.8, 4) is 0 Å². The molecule has 18 heavy (non-hydrogen) atoms. The van der Waals surface area contributed by atoms with Gasteiger partial charge < -0.3 is 9.47 Å². The lowest BCUT2D eigenvalue weighted by atomic mass is 9.76. The van der Waals surface area contributed by atoms with Gasteiger partial charge in [-0.2, -0.15) is 0 Å². The van der Waals surface area contributed by atoms with Gasteiger partial charge in [-0.1, -0.05) is 26.2 Å². The predicted octanol–water partition coefficient (Wildman–Crippen LogP) is 2.09. The highest BCUT2D eigenvalue weighted by Gasteiger charge is 2.26. The highest BCUT2D eigenvalue weighted by Crippen LogP contribution is 2.33. The molecule has 108 valence electrons. The van der Waals surface area contributed by atoms with Gasteiger partial charge in [-0.05, 0) is 31.1 Å². The van der Waals surface area contributed by atoms with E-state index in [1.54, 1.807) is 7.11 Å². The molecule has 1 rings (SSSR count). The molecule has 0 amide bonds. The van der Waals surface area contributed by atoms with Crippen LogP contribution in [0.25, 0.3) is 0 Å². The Kier molecular flexibility index (Phi) is 8.59. The first-order valence-electron chi connectivity index (χ1n) is 7.34. The lowest BCUT2D eigenvalue weighted by molar-refractivity contribution is 0.0599. The van der Waals surface area contributed by atoms with Crippen molar-refractivity contribution < 1.29 is 9.47 Å². The van der Waals surface area contributed by atoms with E-state index in [9.17, 15) is 0 Å². The van der Waals surface area contributed by atoms with E-state index < -0.39 is 0 Å². The van der Waals surface area contributed by atoms with Crippen LogP contribution in [-0.2, 0) is 9.47 Å². The molecule has 0 aromatic carbocycles. The van der Waals surface area contributed by atoms with E-state index in [2.05, 4.69) is 12.3 Å². The minimum Gasteiger partial charge on any atom is -0.382 e. The van der Waals surface area contributed by atoms with Gasteiger partial charge in [0, 0.05) is 19.8 Å². The molecule has 3 N–H and O–H groups in total. The molecule has 0 spiro atoms. The van der Waals surface area contributed by atoms with E-state index in [1.165, 1.54) is 32.1 Å². The van der Waals surface area contributed by atoms with Crippen molar-refractivity contribution >= 4 is 0 Å². The van der Waals surface area contributed by atoms with Crippen LogP contribution in [0, 0.1) is 11.8 Å². The zero-order chi connectivity index (χ0) is 13.2. The second-order valence-corrected chi connectivity index (χ2v) is 5.37. The van der Waals surface area contributed by atoms with Crippen LogP contribution in [0.2, 0.25) is 0 Å². The minimum absolute atomic E-state index is 0.405. The highest BCUT2D eigenvalue weighted by atomic mass is 16.5. The second kappa shape index (κ2) is 9.73. The van der Waals surface area contributed by atoms with Gasteiger partial charge in [-0.3, -0.25) is 11.3 Å². The average molecular weight is 258 g/mol. The van der Waals surface area contributed by atoms with Crippen molar-refractivity contribution in [3.05, 3.63) is 0 Å². The molecule has 1 aliphatic carbocycles. The summed E-state index contributed by atoms with van der Waals surface area (Å²) >= 11 is 0. The first kappa shape index (κ1) is 15.9. The first-order chi connectivity index (χ1) is 8.81. The molecule has 1 fully saturated rings. The maximum atomic E-state index is 5.70. The number of nitrogens with one attached hydrogen (secondary N) is 1. The van der Waals surface area contributed by atoms with Crippen LogP contribution in [0.3, 0.4) is 0 Å². The van der Waals surface area contributed by atoms with E-state index >= 15 is 0 Å². The average Bonchev–Trinajstić information content (AvgIpc) is 2.43. The Hall–Kier alpha value is -0.160. The molecule has 0 aromatic rings. The molecule has 3 unspecified atom stereocenters. The Labute approximate surface area is 112 Å². The molecular weight excluding hydrogens is 228 g/mol. The highest BCUT2D eigenvalue weighted by molar-refractivity contribution is 4.81. The third kappa shape index (κ3) is 5.65. The van der Waals surface area contributed by atoms with E-state index in [-0.39, 0.29) is 0 Å². The zero-order valence-electron chi connectivity index (χ0n) is 12.0. The number of hydrazine groups is 1. The topological polar surface area (TPSA) is 56.5 Å². The first-order valence-corrected chi connectivity index (χ1v) is 7.34. The maximum absolute atomic E-state index is 5.70. The van der Waals surface area contributed by atoms with Crippen molar-refractivity contribution in [2.24, 2.45) is 17.7 Å². The summed E-state index contributed by atoms with van der Waals surface area (Å²) < 4.78 is 10.5. The third-order valence-electron chi connectivity index (χ3n) is 4.19. The van der Waals surface area contributed by atoms with E-state index in [0.717, 1.165) is 24.9 Å². The van der Waals surface area contributed by atoms with Crippen LogP contribution < -0.4 is 11.3 Å². The summed E-state index contributed by atoms with van der Waals surface area (Å²) in [6, 6.07) is 0.405. The van der Waals surface area contributed by atoms with Gasteiger partial charge in [0.15, 0.2) is 0 Å². The Morgan fingerprint density at radius 2 is 2.11 bits per heavy atom. The number of hydrogen-bond acceptors (Lipinski definition) is 4. The number of rotatable bonds is 9. The van der Waals surface area contributed by atoms with Gasteiger partial charge in [0.2, 0.25) is 0 Å². The summed E-state index contributed by atoms with van der Waals surface area (Å²) in [5.41, 5.74) is 3.00. The van der Waals surface area contributed by atoms with E-state index in [1.807, 2.05) is 0 Å². The monoisotopic (exact) mass is 258 g/mol. The van der Waals surface area contributed by atoms with Crippen LogP contribution in [0.15, 0.2) is 0 Å². The molecule has 0 saturated heterocycles. The van der Waals surface area contributed by atoms with Crippen LogP contribution >= 0.6 is 0 Å². The Bertz CT molecular complexity index is 202. The van der Waals surface area contributed by atoms with Crippen molar-refractivity contribution in [1.29, 1.82) is 0 Å². The van der Waals surface area contributed by atoms with Gasteiger partial charge >= 0.3 is 0 Å². The SMILES string of the molecule is CCC1CCCC(C(CCOCCOC)NN)C1. The lowest BCUT2D eigenvalue weighted by Crippen LogP contribution is -2.43. The molecule has 1 saturated carbocycles. The molecule has 0 radical (unpaired) electrons. The van der Waals surface area contributed by atoms with Gasteiger partial charge in [-0.25, -0.2) is 0 Å². The van der Waals surface area contributed by atoms with Gasteiger partial charge in [0.25, 0.3) is 0 Å². The Morgan fingerprint density at radius 3 is 2.78 bits per heavy atom. The fourth-order valence-corrected chi connectivity index (χ4v) is 2.98. The molecule has 3 atom stereocenters. The molecule has 0 heterocycles. The molecule has 1 aliphatic rings. The fourth-order valence-electron chi connectivity index (χ4n) is 2.98. The van der Waals surface area contributed by atoms with E-state index in [0.29, 0.717) is 19.3 Å². The molecule has 0 bridgehead atoms. The molecule has 0 aliphatic heterocycles. The van der Waals surface area contributed by atoms with Crippen LogP contribution in [0.5, 0.6) is 0 Å². The summed E-state index contributed by atoms with van der Waals surface area (Å²) in [6.07, 6.45) is 7.69. The van der Waals surface area contributed by atoms with Crippen LogP contribution in [-0.4, -0.2) is 33.0 Å². The quantitative estimate of drug-likeness (QED) is 0.378. The predicted molar refractivity (Wildman–Crippen MR) is 74.2 cm³/mol. The summed E-state index contributed by atoms with van der Waals surface area (Å²) in [5, 5.41) is 0. The Balaban J connectivity index is 2.22. The summed E-state index contributed by atoms with van der Waals surface area (Å²) in [6.45, 7) is 4.41. The van der Waals surface area contributed by atoms with Gasteiger partial charge in [-0.15, -0.1) is 0 Å². The van der Waals surface area contributed by atoms with E-state index in [4.69, 9.17) is 15.3 Å². The minimum atomic E-state index is 0.405. The fraction of sp³-hybridized carbons (Fsp3) is 1.00. The van der Waals surface area contributed by atoms with Gasteiger partial charge in [0.05, 0.1) is 13.2 Å². The van der Waals surface area contributed by atoms with Crippen LogP contribution in [0.4, 0.5) is 0 Å². The standard InChI is InChI=1S/C14H30N2O2/c1-3-12-5-4-6-13(11-12)14(16-15)7-8-18-10-9-17-2/h12-14,16H,3-11,15H2,1-2H3.